The summed E-state index contributed by atoms with van der Waals surface area (Å²) in [5.41, 5.74) is 2.71. The van der Waals surface area contributed by atoms with Crippen LogP contribution in [-0.2, 0) is 16.1 Å². The molecule has 0 aromatic heterocycles. The summed E-state index contributed by atoms with van der Waals surface area (Å²) < 4.78 is 0. The summed E-state index contributed by atoms with van der Waals surface area (Å²) in [4.78, 5) is 24.4. The Bertz CT molecular complexity index is 806. The Morgan fingerprint density at radius 1 is 1.04 bits per heavy atom. The first kappa shape index (κ1) is 17.8. The van der Waals surface area contributed by atoms with E-state index in [9.17, 15) is 9.59 Å². The maximum atomic E-state index is 12.3. The lowest BCUT2D eigenvalue weighted by Crippen LogP contribution is -2.27. The summed E-state index contributed by atoms with van der Waals surface area (Å²) in [7, 11) is 0. The van der Waals surface area contributed by atoms with Gasteiger partial charge in [0.2, 0.25) is 11.8 Å². The van der Waals surface area contributed by atoms with Gasteiger partial charge in [0.1, 0.15) is 0 Å². The molecule has 0 spiro atoms. The molecule has 1 aliphatic rings. The fourth-order valence-electron chi connectivity index (χ4n) is 2.62. The number of benzene rings is 2. The molecular weight excluding hydrogens is 359 g/mol. The standard InChI is InChI=1S/C19H18Cl2N2O2/c1-11-2-4-12(5-3-11)10-22-18(24)14-9-15(14)19(25)23-17-7-6-13(20)8-16(17)21/h2-8,14-15H,9-10H2,1H3,(H,22,24)(H,23,25). The van der Waals surface area contributed by atoms with Crippen LogP contribution in [0.4, 0.5) is 5.69 Å². The molecule has 1 saturated carbocycles. The van der Waals surface area contributed by atoms with Crippen LogP contribution in [0, 0.1) is 18.8 Å². The van der Waals surface area contributed by atoms with Crippen molar-refractivity contribution in [2.45, 2.75) is 19.9 Å². The van der Waals surface area contributed by atoms with E-state index in [0.717, 1.165) is 5.56 Å². The molecule has 2 aromatic rings. The van der Waals surface area contributed by atoms with Crippen molar-refractivity contribution in [1.29, 1.82) is 0 Å². The summed E-state index contributed by atoms with van der Waals surface area (Å²) >= 11 is 11.9. The van der Waals surface area contributed by atoms with Crippen LogP contribution in [0.2, 0.25) is 10.0 Å². The Labute approximate surface area is 156 Å². The molecule has 0 heterocycles. The monoisotopic (exact) mass is 376 g/mol. The Morgan fingerprint density at radius 2 is 1.72 bits per heavy atom. The van der Waals surface area contributed by atoms with Crippen molar-refractivity contribution >= 4 is 40.7 Å². The topological polar surface area (TPSA) is 58.2 Å². The SMILES string of the molecule is Cc1ccc(CNC(=O)C2CC2C(=O)Nc2ccc(Cl)cc2Cl)cc1. The fraction of sp³-hybridized carbons (Fsp3) is 0.263. The van der Waals surface area contributed by atoms with Crippen molar-refractivity contribution in [3.05, 3.63) is 63.6 Å². The smallest absolute Gasteiger partial charge is 0.228 e. The average Bonchev–Trinajstić information content (AvgIpc) is 3.37. The molecule has 2 N–H and O–H groups in total. The average molecular weight is 377 g/mol. The molecule has 2 atom stereocenters. The largest absolute Gasteiger partial charge is 0.352 e. The van der Waals surface area contributed by atoms with Gasteiger partial charge in [-0.05, 0) is 37.1 Å². The van der Waals surface area contributed by atoms with Crippen LogP contribution in [-0.4, -0.2) is 11.8 Å². The lowest BCUT2D eigenvalue weighted by molar-refractivity contribution is -0.125. The number of hydrogen-bond donors (Lipinski definition) is 2. The first-order valence-electron chi connectivity index (χ1n) is 8.03. The Balaban J connectivity index is 1.50. The molecule has 4 nitrogen and oxygen atoms in total. The van der Waals surface area contributed by atoms with Gasteiger partial charge in [0.25, 0.3) is 0 Å². The van der Waals surface area contributed by atoms with Crippen molar-refractivity contribution in [2.75, 3.05) is 5.32 Å². The molecule has 0 radical (unpaired) electrons. The highest BCUT2D eigenvalue weighted by Gasteiger charge is 2.48. The van der Waals surface area contributed by atoms with Gasteiger partial charge >= 0.3 is 0 Å². The quantitative estimate of drug-likeness (QED) is 0.821. The van der Waals surface area contributed by atoms with E-state index >= 15 is 0 Å². The summed E-state index contributed by atoms with van der Waals surface area (Å²) in [6, 6.07) is 12.8. The number of aryl methyl sites for hydroxylation is 1. The summed E-state index contributed by atoms with van der Waals surface area (Å²) in [5.74, 6) is -0.885. The van der Waals surface area contributed by atoms with E-state index in [4.69, 9.17) is 23.2 Å². The minimum Gasteiger partial charge on any atom is -0.352 e. The molecule has 0 bridgehead atoms. The van der Waals surface area contributed by atoms with E-state index in [1.165, 1.54) is 5.56 Å². The van der Waals surface area contributed by atoms with Crippen molar-refractivity contribution in [2.24, 2.45) is 11.8 Å². The van der Waals surface area contributed by atoms with E-state index in [0.29, 0.717) is 28.7 Å². The molecule has 130 valence electrons. The molecule has 3 rings (SSSR count). The summed E-state index contributed by atoms with van der Waals surface area (Å²) in [6.07, 6.45) is 0.552. The van der Waals surface area contributed by atoms with E-state index < -0.39 is 0 Å². The number of hydrogen-bond acceptors (Lipinski definition) is 2. The Morgan fingerprint density at radius 3 is 2.40 bits per heavy atom. The second-order valence-electron chi connectivity index (χ2n) is 6.27. The molecule has 1 aliphatic carbocycles. The van der Waals surface area contributed by atoms with Gasteiger partial charge in [-0.15, -0.1) is 0 Å². The van der Waals surface area contributed by atoms with Crippen LogP contribution in [0.25, 0.3) is 0 Å². The number of carbonyl (C=O) groups excluding carboxylic acids is 2. The van der Waals surface area contributed by atoms with Crippen LogP contribution in [0.15, 0.2) is 42.5 Å². The number of amides is 2. The Kier molecular flexibility index (Phi) is 5.30. The van der Waals surface area contributed by atoms with E-state index in [1.54, 1.807) is 18.2 Å². The van der Waals surface area contributed by atoms with Crippen LogP contribution in [0.3, 0.4) is 0 Å². The second-order valence-corrected chi connectivity index (χ2v) is 7.11. The minimum atomic E-state index is -0.315. The molecule has 1 fully saturated rings. The van der Waals surface area contributed by atoms with Crippen LogP contribution in [0.5, 0.6) is 0 Å². The molecule has 2 amide bonds. The predicted molar refractivity (Wildman–Crippen MR) is 99.7 cm³/mol. The van der Waals surface area contributed by atoms with Crippen molar-refractivity contribution < 1.29 is 9.59 Å². The van der Waals surface area contributed by atoms with Crippen molar-refractivity contribution in [3.63, 3.8) is 0 Å². The van der Waals surface area contributed by atoms with Crippen molar-refractivity contribution in [3.8, 4) is 0 Å². The molecule has 0 aliphatic heterocycles. The van der Waals surface area contributed by atoms with Gasteiger partial charge in [-0.25, -0.2) is 0 Å². The maximum absolute atomic E-state index is 12.3. The third kappa shape index (κ3) is 4.53. The molecule has 2 unspecified atom stereocenters. The lowest BCUT2D eigenvalue weighted by atomic mass is 10.1. The third-order valence-electron chi connectivity index (χ3n) is 4.24. The molecule has 2 aromatic carbocycles. The number of carbonyl (C=O) groups is 2. The van der Waals surface area contributed by atoms with Gasteiger partial charge in [-0.1, -0.05) is 53.0 Å². The highest BCUT2D eigenvalue weighted by atomic mass is 35.5. The number of anilines is 1. The fourth-order valence-corrected chi connectivity index (χ4v) is 3.07. The Hall–Kier alpha value is -2.04. The van der Waals surface area contributed by atoms with Crippen LogP contribution < -0.4 is 10.6 Å². The second kappa shape index (κ2) is 7.46. The molecule has 0 saturated heterocycles. The van der Waals surface area contributed by atoms with E-state index in [2.05, 4.69) is 10.6 Å². The molecule has 25 heavy (non-hydrogen) atoms. The van der Waals surface area contributed by atoms with Gasteiger partial charge in [-0.3, -0.25) is 9.59 Å². The highest BCUT2D eigenvalue weighted by Crippen LogP contribution is 2.40. The molecule has 6 heteroatoms. The van der Waals surface area contributed by atoms with Gasteiger partial charge in [-0.2, -0.15) is 0 Å². The molecular formula is C19H18Cl2N2O2. The van der Waals surface area contributed by atoms with Crippen LogP contribution >= 0.6 is 23.2 Å². The van der Waals surface area contributed by atoms with Gasteiger partial charge in [0, 0.05) is 11.6 Å². The zero-order valence-electron chi connectivity index (χ0n) is 13.7. The minimum absolute atomic E-state index is 0.0945. The predicted octanol–water partition coefficient (Wildman–Crippen LogP) is 4.19. The maximum Gasteiger partial charge on any atom is 0.228 e. The highest BCUT2D eigenvalue weighted by molar-refractivity contribution is 6.36. The zero-order valence-corrected chi connectivity index (χ0v) is 15.2. The normalized spacial score (nSPS) is 18.5. The summed E-state index contributed by atoms with van der Waals surface area (Å²) in [5, 5.41) is 6.52. The number of rotatable bonds is 5. The van der Waals surface area contributed by atoms with Crippen molar-refractivity contribution in [1.82, 2.24) is 5.32 Å². The van der Waals surface area contributed by atoms with E-state index in [1.807, 2.05) is 31.2 Å². The summed E-state index contributed by atoms with van der Waals surface area (Å²) in [6.45, 7) is 2.48. The van der Waals surface area contributed by atoms with E-state index in [-0.39, 0.29) is 23.7 Å². The zero-order chi connectivity index (χ0) is 18.0. The first-order valence-corrected chi connectivity index (χ1v) is 8.79. The van der Waals surface area contributed by atoms with Crippen LogP contribution in [0.1, 0.15) is 17.5 Å². The lowest BCUT2D eigenvalue weighted by Gasteiger charge is -2.08. The van der Waals surface area contributed by atoms with Gasteiger partial charge in [0.15, 0.2) is 0 Å². The number of halogens is 2. The number of nitrogens with one attached hydrogen (secondary N) is 2. The third-order valence-corrected chi connectivity index (χ3v) is 4.79. The first-order chi connectivity index (χ1) is 11.9. The van der Waals surface area contributed by atoms with Gasteiger partial charge in [0.05, 0.1) is 22.5 Å². The van der Waals surface area contributed by atoms with Gasteiger partial charge < -0.3 is 10.6 Å².